The first kappa shape index (κ1) is 20.8. The fourth-order valence-corrected chi connectivity index (χ4v) is 5.74. The first-order valence-electron chi connectivity index (χ1n) is 12.5. The molecule has 0 atom stereocenters. The molecule has 172 valence electrons. The highest BCUT2D eigenvalue weighted by Crippen LogP contribution is 2.37. The minimum Gasteiger partial charge on any atom is -0.294 e. The van der Waals surface area contributed by atoms with Crippen LogP contribution in [0.4, 0.5) is 0 Å². The number of allylic oxidation sites excluding steroid dienone is 2. The molecular formula is C34H25N2-. The second kappa shape index (κ2) is 8.28. The van der Waals surface area contributed by atoms with Crippen molar-refractivity contribution in [3.05, 3.63) is 133 Å². The third-order valence-corrected chi connectivity index (χ3v) is 7.44. The van der Waals surface area contributed by atoms with Crippen LogP contribution in [0, 0.1) is 0 Å². The average Bonchev–Trinajstić information content (AvgIpc) is 3.45. The van der Waals surface area contributed by atoms with Gasteiger partial charge in [0.25, 0.3) is 0 Å². The van der Waals surface area contributed by atoms with Gasteiger partial charge in [0.05, 0.1) is 11.0 Å². The molecule has 0 radical (unpaired) electrons. The SMILES string of the molecule is C/C=C(\Cc1c2ccccc2[c-]2ccccc12)c1ccc(-n2c3ccccc3c3ccccc32)nc1. The second-order valence-corrected chi connectivity index (χ2v) is 9.34. The van der Waals surface area contributed by atoms with Crippen LogP contribution in [0.5, 0.6) is 0 Å². The molecule has 0 N–H and O–H groups in total. The van der Waals surface area contributed by atoms with E-state index in [0.717, 1.165) is 17.8 Å². The number of hydrogen-bond donors (Lipinski definition) is 0. The van der Waals surface area contributed by atoms with Crippen LogP contribution < -0.4 is 0 Å². The Morgan fingerprint density at radius 1 is 0.722 bits per heavy atom. The molecule has 0 saturated heterocycles. The normalized spacial score (nSPS) is 12.3. The maximum Gasteiger partial charge on any atom is 0.137 e. The lowest BCUT2D eigenvalue weighted by molar-refractivity contribution is 1.07. The van der Waals surface area contributed by atoms with Crippen molar-refractivity contribution in [3.8, 4) is 5.82 Å². The van der Waals surface area contributed by atoms with E-state index >= 15 is 0 Å². The van der Waals surface area contributed by atoms with Crippen molar-refractivity contribution >= 4 is 48.9 Å². The molecule has 0 bridgehead atoms. The van der Waals surface area contributed by atoms with E-state index in [1.165, 1.54) is 54.5 Å². The van der Waals surface area contributed by atoms with E-state index in [9.17, 15) is 0 Å². The van der Waals surface area contributed by atoms with E-state index in [2.05, 4.69) is 127 Å². The van der Waals surface area contributed by atoms with Crippen molar-refractivity contribution in [2.24, 2.45) is 0 Å². The number of aromatic nitrogens is 2. The number of fused-ring (bicyclic) bond motifs is 6. The summed E-state index contributed by atoms with van der Waals surface area (Å²) < 4.78 is 2.27. The number of rotatable bonds is 4. The Labute approximate surface area is 210 Å². The van der Waals surface area contributed by atoms with Crippen LogP contribution in [0.3, 0.4) is 0 Å². The fourth-order valence-electron chi connectivity index (χ4n) is 5.74. The van der Waals surface area contributed by atoms with Crippen LogP contribution in [0.1, 0.15) is 18.1 Å². The molecule has 0 aliphatic carbocycles. The molecule has 36 heavy (non-hydrogen) atoms. The Hall–Kier alpha value is -4.56. The lowest BCUT2D eigenvalue weighted by Gasteiger charge is -2.13. The van der Waals surface area contributed by atoms with Gasteiger partial charge in [0, 0.05) is 17.0 Å². The molecule has 2 nitrogen and oxygen atoms in total. The molecule has 0 amide bonds. The summed E-state index contributed by atoms with van der Waals surface area (Å²) in [5.74, 6) is 0.941. The van der Waals surface area contributed by atoms with Crippen LogP contribution >= 0.6 is 0 Å². The fraction of sp³-hybridized carbons (Fsp3) is 0.0588. The minimum absolute atomic E-state index is 0.876. The van der Waals surface area contributed by atoms with Gasteiger partial charge in [-0.1, -0.05) is 76.8 Å². The largest absolute Gasteiger partial charge is 0.294 e. The topological polar surface area (TPSA) is 17.8 Å². The van der Waals surface area contributed by atoms with Crippen molar-refractivity contribution in [3.63, 3.8) is 0 Å². The zero-order valence-electron chi connectivity index (χ0n) is 20.1. The lowest BCUT2D eigenvalue weighted by Crippen LogP contribution is -1.99. The van der Waals surface area contributed by atoms with Gasteiger partial charge in [-0.2, -0.15) is 0 Å². The van der Waals surface area contributed by atoms with E-state index in [0.29, 0.717) is 0 Å². The van der Waals surface area contributed by atoms with Crippen molar-refractivity contribution in [2.75, 3.05) is 0 Å². The summed E-state index contributed by atoms with van der Waals surface area (Å²) in [7, 11) is 0. The summed E-state index contributed by atoms with van der Waals surface area (Å²) in [4.78, 5) is 4.97. The molecule has 0 aliphatic rings. The molecule has 2 heteroatoms. The van der Waals surface area contributed by atoms with Gasteiger partial charge < -0.3 is 0 Å². The Balaban J connectivity index is 1.31. The van der Waals surface area contributed by atoms with Crippen molar-refractivity contribution in [1.82, 2.24) is 9.55 Å². The Morgan fingerprint density at radius 3 is 2.06 bits per heavy atom. The summed E-state index contributed by atoms with van der Waals surface area (Å²) in [6, 6.07) is 39.0. The number of pyridine rings is 1. The number of hydrogen-bond acceptors (Lipinski definition) is 1. The standard InChI is InChI=1S/C34H25N2/c1-2-23(21-31-27-13-5-3-11-25(27)26-12-4-6-14-28(26)31)24-19-20-34(35-22-24)36-32-17-9-7-15-29(32)30-16-8-10-18-33(30)36/h2-20,22H,21H2,1H3/q-1/b23-2+. The molecule has 0 aliphatic heterocycles. The zero-order valence-corrected chi connectivity index (χ0v) is 20.1. The van der Waals surface area contributed by atoms with E-state index < -0.39 is 0 Å². The van der Waals surface area contributed by atoms with Crippen LogP contribution in [0.15, 0.2) is 121 Å². The molecule has 0 spiro atoms. The first-order chi connectivity index (χ1) is 17.8. The highest BCUT2D eigenvalue weighted by Gasteiger charge is 2.13. The quantitative estimate of drug-likeness (QED) is 0.239. The maximum atomic E-state index is 4.97. The summed E-state index contributed by atoms with van der Waals surface area (Å²) in [6.45, 7) is 2.13. The second-order valence-electron chi connectivity index (χ2n) is 9.34. The van der Waals surface area contributed by atoms with Crippen LogP contribution in [0.2, 0.25) is 0 Å². The predicted octanol–water partition coefficient (Wildman–Crippen LogP) is 8.85. The van der Waals surface area contributed by atoms with Crippen LogP contribution in [-0.4, -0.2) is 9.55 Å². The summed E-state index contributed by atoms with van der Waals surface area (Å²) in [5.41, 5.74) is 6.20. The van der Waals surface area contributed by atoms with Gasteiger partial charge in [0.2, 0.25) is 0 Å². The average molecular weight is 462 g/mol. The molecule has 0 fully saturated rings. The summed E-state index contributed by atoms with van der Waals surface area (Å²) >= 11 is 0. The van der Waals surface area contributed by atoms with E-state index in [1.807, 2.05) is 6.20 Å². The van der Waals surface area contributed by atoms with E-state index in [-0.39, 0.29) is 0 Å². The van der Waals surface area contributed by atoms with E-state index in [1.54, 1.807) is 0 Å². The third kappa shape index (κ3) is 3.11. The Morgan fingerprint density at radius 2 is 1.36 bits per heavy atom. The van der Waals surface area contributed by atoms with Crippen molar-refractivity contribution < 1.29 is 0 Å². The van der Waals surface area contributed by atoms with Crippen LogP contribution in [-0.2, 0) is 6.42 Å². The third-order valence-electron chi connectivity index (χ3n) is 7.44. The van der Waals surface area contributed by atoms with Gasteiger partial charge in [-0.05, 0) is 48.7 Å². The molecule has 7 rings (SSSR count). The van der Waals surface area contributed by atoms with Crippen molar-refractivity contribution in [1.29, 1.82) is 0 Å². The van der Waals surface area contributed by atoms with Gasteiger partial charge in [0.15, 0.2) is 0 Å². The number of para-hydroxylation sites is 2. The van der Waals surface area contributed by atoms with Gasteiger partial charge in [-0.25, -0.2) is 4.98 Å². The molecule has 2 aromatic heterocycles. The molecule has 2 heterocycles. The maximum absolute atomic E-state index is 4.97. The van der Waals surface area contributed by atoms with Crippen LogP contribution in [0.25, 0.3) is 54.7 Å². The molecule has 7 aromatic rings. The summed E-state index contributed by atoms with van der Waals surface area (Å²) in [6.07, 6.45) is 5.14. The number of nitrogens with zero attached hydrogens (tertiary/aromatic N) is 2. The predicted molar refractivity (Wildman–Crippen MR) is 153 cm³/mol. The minimum atomic E-state index is 0.876. The van der Waals surface area contributed by atoms with E-state index in [4.69, 9.17) is 4.98 Å². The highest BCUT2D eigenvalue weighted by molar-refractivity contribution is 6.15. The monoisotopic (exact) mass is 461 g/mol. The van der Waals surface area contributed by atoms with Crippen molar-refractivity contribution in [2.45, 2.75) is 13.3 Å². The number of benzene rings is 4. The summed E-state index contributed by atoms with van der Waals surface area (Å²) in [5, 5.41) is 7.85. The zero-order chi connectivity index (χ0) is 24.1. The van der Waals surface area contributed by atoms with Gasteiger partial charge in [-0.15, -0.1) is 41.3 Å². The molecular weight excluding hydrogens is 436 g/mol. The smallest absolute Gasteiger partial charge is 0.137 e. The van der Waals surface area contributed by atoms with Gasteiger partial charge in [-0.3, -0.25) is 4.57 Å². The Kier molecular flexibility index (Phi) is 4.78. The lowest BCUT2D eigenvalue weighted by atomic mass is 9.97. The van der Waals surface area contributed by atoms with Gasteiger partial charge >= 0.3 is 0 Å². The van der Waals surface area contributed by atoms with Gasteiger partial charge in [0.1, 0.15) is 5.82 Å². The molecule has 5 aromatic carbocycles. The highest BCUT2D eigenvalue weighted by atomic mass is 15.1. The molecule has 0 saturated carbocycles. The Bertz CT molecular complexity index is 1810. The first-order valence-corrected chi connectivity index (χ1v) is 12.5. The molecule has 0 unspecified atom stereocenters.